The third kappa shape index (κ3) is 2.05. The maximum atomic E-state index is 7.74. The predicted octanol–water partition coefficient (Wildman–Crippen LogP) is 8.09. The van der Waals surface area contributed by atoms with Gasteiger partial charge in [-0.1, -0.05) is 30.3 Å². The molecular formula is C28H19N3O. The quantitative estimate of drug-likeness (QED) is 0.255. The summed E-state index contributed by atoms with van der Waals surface area (Å²) in [6, 6.07) is 25.4. The number of furan rings is 1. The highest BCUT2D eigenvalue weighted by Crippen LogP contribution is 2.49. The summed E-state index contributed by atoms with van der Waals surface area (Å²) in [4.78, 5) is 6.17. The van der Waals surface area contributed by atoms with Crippen LogP contribution in [0.5, 0.6) is 0 Å². The van der Waals surface area contributed by atoms with E-state index in [2.05, 4.69) is 70.6 Å². The first-order chi connectivity index (χ1) is 15.7. The molecule has 7 rings (SSSR count). The smallest absolute Gasteiger partial charge is 0.190 e. The van der Waals surface area contributed by atoms with Crippen LogP contribution in [0.4, 0.5) is 17.1 Å². The average Bonchev–Trinajstić information content (AvgIpc) is 3.33. The molecule has 32 heavy (non-hydrogen) atoms. The number of aromatic nitrogens is 1. The zero-order valence-electron chi connectivity index (χ0n) is 17.8. The van der Waals surface area contributed by atoms with Crippen LogP contribution in [0.25, 0.3) is 54.3 Å². The standard InChI is InChI=1S/C28H19N3O/c1-16(2)30-22-9-5-6-10-23(22)31-24-15-27-20(18-8-4-7-11-26(18)32-27)14-19(24)21-12-17(29-3)13-25(30)28(21)31/h4-16H,1-2H3. The van der Waals surface area contributed by atoms with Crippen LogP contribution >= 0.6 is 0 Å². The van der Waals surface area contributed by atoms with Crippen LogP contribution in [-0.2, 0) is 0 Å². The first kappa shape index (κ1) is 17.5. The number of nitrogens with zero attached hydrogens (tertiary/aromatic N) is 3. The number of para-hydroxylation sites is 3. The van der Waals surface area contributed by atoms with Gasteiger partial charge in [0.05, 0.1) is 34.7 Å². The summed E-state index contributed by atoms with van der Waals surface area (Å²) >= 11 is 0. The van der Waals surface area contributed by atoms with Gasteiger partial charge < -0.3 is 13.9 Å². The topological polar surface area (TPSA) is 25.7 Å². The second-order valence-corrected chi connectivity index (χ2v) is 8.72. The van der Waals surface area contributed by atoms with Gasteiger partial charge in [0.2, 0.25) is 0 Å². The normalized spacial score (nSPS) is 12.9. The van der Waals surface area contributed by atoms with E-state index in [9.17, 15) is 0 Å². The van der Waals surface area contributed by atoms with Gasteiger partial charge in [-0.05, 0) is 55.6 Å². The number of anilines is 2. The van der Waals surface area contributed by atoms with Crippen molar-refractivity contribution >= 4 is 60.8 Å². The molecule has 4 nitrogen and oxygen atoms in total. The number of hydrogen-bond donors (Lipinski definition) is 0. The molecule has 0 aliphatic carbocycles. The van der Waals surface area contributed by atoms with Gasteiger partial charge in [-0.25, -0.2) is 4.85 Å². The van der Waals surface area contributed by atoms with Crippen molar-refractivity contribution in [1.82, 2.24) is 4.57 Å². The van der Waals surface area contributed by atoms with Gasteiger partial charge in [-0.3, -0.25) is 0 Å². The second kappa shape index (κ2) is 5.93. The SMILES string of the molecule is [C-]#[N+]c1cc2c3c(c1)c1cc4c(cc1n3-c1ccccc1N2C(C)C)oc1ccccc14. The molecule has 2 aromatic heterocycles. The lowest BCUT2D eigenvalue weighted by molar-refractivity contribution is 0.669. The number of benzene rings is 4. The molecule has 152 valence electrons. The summed E-state index contributed by atoms with van der Waals surface area (Å²) < 4.78 is 8.57. The van der Waals surface area contributed by atoms with Crippen molar-refractivity contribution in [3.8, 4) is 5.69 Å². The zero-order valence-corrected chi connectivity index (χ0v) is 17.8. The van der Waals surface area contributed by atoms with Crippen LogP contribution in [0.15, 0.2) is 77.2 Å². The fourth-order valence-corrected chi connectivity index (χ4v) is 5.37. The largest absolute Gasteiger partial charge is 0.456 e. The average molecular weight is 413 g/mol. The molecule has 0 fully saturated rings. The van der Waals surface area contributed by atoms with Gasteiger partial charge >= 0.3 is 0 Å². The van der Waals surface area contributed by atoms with E-state index >= 15 is 0 Å². The van der Waals surface area contributed by atoms with E-state index in [4.69, 9.17) is 11.0 Å². The Morgan fingerprint density at radius 3 is 2.34 bits per heavy atom. The molecule has 1 aliphatic rings. The summed E-state index contributed by atoms with van der Waals surface area (Å²) in [5.41, 5.74) is 8.08. The molecule has 0 saturated heterocycles. The summed E-state index contributed by atoms with van der Waals surface area (Å²) in [5, 5.41) is 4.48. The molecule has 0 amide bonds. The minimum absolute atomic E-state index is 0.257. The van der Waals surface area contributed by atoms with E-state index < -0.39 is 0 Å². The molecule has 0 atom stereocenters. The van der Waals surface area contributed by atoms with Crippen LogP contribution in [-0.4, -0.2) is 10.6 Å². The Morgan fingerprint density at radius 2 is 1.53 bits per heavy atom. The molecule has 0 bridgehead atoms. The van der Waals surface area contributed by atoms with Crippen molar-refractivity contribution in [3.63, 3.8) is 0 Å². The van der Waals surface area contributed by atoms with Gasteiger partial charge in [0, 0.05) is 28.3 Å². The highest BCUT2D eigenvalue weighted by atomic mass is 16.3. The Hall–Kier alpha value is -4.23. The maximum Gasteiger partial charge on any atom is 0.190 e. The van der Waals surface area contributed by atoms with E-state index in [1.807, 2.05) is 30.3 Å². The van der Waals surface area contributed by atoms with Gasteiger partial charge in [0.25, 0.3) is 0 Å². The number of fused-ring (bicyclic) bond motifs is 8. The Balaban J connectivity index is 1.75. The van der Waals surface area contributed by atoms with E-state index in [1.54, 1.807) is 0 Å². The lowest BCUT2D eigenvalue weighted by Crippen LogP contribution is -2.29. The van der Waals surface area contributed by atoms with Crippen LogP contribution in [0.2, 0.25) is 0 Å². The lowest BCUT2D eigenvalue weighted by atomic mass is 10.1. The van der Waals surface area contributed by atoms with Crippen molar-refractivity contribution in [2.45, 2.75) is 19.9 Å². The van der Waals surface area contributed by atoms with Crippen LogP contribution < -0.4 is 4.90 Å². The molecule has 0 spiro atoms. The minimum atomic E-state index is 0.257. The van der Waals surface area contributed by atoms with Crippen molar-refractivity contribution < 1.29 is 4.42 Å². The Bertz CT molecular complexity index is 1780. The highest BCUT2D eigenvalue weighted by molar-refractivity contribution is 6.21. The van der Waals surface area contributed by atoms with Crippen molar-refractivity contribution in [2.75, 3.05) is 4.90 Å². The Labute approximate surface area is 184 Å². The highest BCUT2D eigenvalue weighted by Gasteiger charge is 2.29. The molecule has 1 aliphatic heterocycles. The maximum absolute atomic E-state index is 7.74. The van der Waals surface area contributed by atoms with E-state index in [1.165, 1.54) is 0 Å². The summed E-state index contributed by atoms with van der Waals surface area (Å²) in [6.45, 7) is 12.1. The molecular weight excluding hydrogens is 394 g/mol. The predicted molar refractivity (Wildman–Crippen MR) is 132 cm³/mol. The first-order valence-electron chi connectivity index (χ1n) is 10.9. The van der Waals surface area contributed by atoms with Crippen LogP contribution in [0.1, 0.15) is 13.8 Å². The van der Waals surface area contributed by atoms with Crippen molar-refractivity contribution in [3.05, 3.63) is 84.2 Å². The first-order valence-corrected chi connectivity index (χ1v) is 10.9. The molecule has 6 aromatic rings. The zero-order chi connectivity index (χ0) is 21.6. The fourth-order valence-electron chi connectivity index (χ4n) is 5.37. The molecule has 0 saturated carbocycles. The summed E-state index contributed by atoms with van der Waals surface area (Å²) in [5.74, 6) is 0. The summed E-state index contributed by atoms with van der Waals surface area (Å²) in [6.07, 6.45) is 0. The molecule has 0 N–H and O–H groups in total. The molecule has 4 aromatic carbocycles. The van der Waals surface area contributed by atoms with Crippen molar-refractivity contribution in [1.29, 1.82) is 0 Å². The van der Waals surface area contributed by atoms with Crippen LogP contribution in [0.3, 0.4) is 0 Å². The third-order valence-corrected chi connectivity index (χ3v) is 6.61. The lowest BCUT2D eigenvalue weighted by Gasteiger charge is -2.36. The molecule has 0 radical (unpaired) electrons. The molecule has 4 heteroatoms. The van der Waals surface area contributed by atoms with Gasteiger partial charge in [0.1, 0.15) is 11.2 Å². The molecule has 0 unspecified atom stereocenters. The van der Waals surface area contributed by atoms with E-state index in [0.29, 0.717) is 5.69 Å². The fraction of sp³-hybridized carbons (Fsp3) is 0.107. The van der Waals surface area contributed by atoms with E-state index in [0.717, 1.165) is 60.8 Å². The van der Waals surface area contributed by atoms with Gasteiger partial charge in [0.15, 0.2) is 5.69 Å². The van der Waals surface area contributed by atoms with Gasteiger partial charge in [-0.15, -0.1) is 0 Å². The second-order valence-electron chi connectivity index (χ2n) is 8.72. The molecule has 3 heterocycles. The van der Waals surface area contributed by atoms with Gasteiger partial charge in [-0.2, -0.15) is 0 Å². The number of rotatable bonds is 1. The number of hydrogen-bond acceptors (Lipinski definition) is 2. The monoisotopic (exact) mass is 413 g/mol. The Kier molecular flexibility index (Phi) is 3.23. The Morgan fingerprint density at radius 1 is 0.750 bits per heavy atom. The summed E-state index contributed by atoms with van der Waals surface area (Å²) in [7, 11) is 0. The third-order valence-electron chi connectivity index (χ3n) is 6.61. The van der Waals surface area contributed by atoms with Crippen molar-refractivity contribution in [2.24, 2.45) is 0 Å². The minimum Gasteiger partial charge on any atom is -0.456 e. The van der Waals surface area contributed by atoms with Crippen LogP contribution in [0, 0.1) is 6.57 Å². The van der Waals surface area contributed by atoms with E-state index in [-0.39, 0.29) is 6.04 Å².